The molecule has 35 heavy (non-hydrogen) atoms. The van der Waals surface area contributed by atoms with Gasteiger partial charge in [0.2, 0.25) is 0 Å². The van der Waals surface area contributed by atoms with Crippen LogP contribution in [0.25, 0.3) is 17.0 Å². The number of nitrogens with zero attached hydrogens (tertiary/aromatic N) is 3. The van der Waals surface area contributed by atoms with E-state index in [1.54, 1.807) is 30.5 Å². The number of rotatable bonds is 6. The Hall–Kier alpha value is -2.82. The minimum absolute atomic E-state index is 0.00615. The van der Waals surface area contributed by atoms with Gasteiger partial charge in [0.15, 0.2) is 0 Å². The third kappa shape index (κ3) is 5.39. The predicted octanol–water partition coefficient (Wildman–Crippen LogP) is 5.78. The second-order valence-electron chi connectivity index (χ2n) is 8.62. The maximum absolute atomic E-state index is 13.5. The Balaban J connectivity index is 1.58. The van der Waals surface area contributed by atoms with Crippen molar-refractivity contribution in [3.05, 3.63) is 69.2 Å². The number of alkyl halides is 3. The molecule has 0 spiro atoms. The number of nitrogens with two attached hydrogens (primary N) is 1. The van der Waals surface area contributed by atoms with Gasteiger partial charge in [-0.1, -0.05) is 37.6 Å². The number of aromatic nitrogens is 2. The van der Waals surface area contributed by atoms with Crippen LogP contribution in [0.1, 0.15) is 30.5 Å². The van der Waals surface area contributed by atoms with Crippen LogP contribution >= 0.6 is 23.4 Å². The molecule has 1 fully saturated rings. The molecule has 2 aromatic carbocycles. The molecule has 184 valence electrons. The first-order valence-corrected chi connectivity index (χ1v) is 12.0. The highest BCUT2D eigenvalue weighted by Gasteiger charge is 2.36. The van der Waals surface area contributed by atoms with Crippen molar-refractivity contribution in [2.75, 3.05) is 6.54 Å². The second kappa shape index (κ2) is 9.67. The van der Waals surface area contributed by atoms with Crippen molar-refractivity contribution in [1.82, 2.24) is 14.7 Å². The molecule has 6 nitrogen and oxygen atoms in total. The first-order chi connectivity index (χ1) is 16.4. The smallest absolute Gasteiger partial charge is 0.326 e. The molecule has 1 atom stereocenters. The summed E-state index contributed by atoms with van der Waals surface area (Å²) in [7, 11) is 0. The molecule has 1 aliphatic heterocycles. The third-order valence-electron chi connectivity index (χ3n) is 5.78. The Morgan fingerprint density at radius 3 is 2.60 bits per heavy atom. The fraction of sp³-hybridized carbons (Fsp3) is 0.292. The van der Waals surface area contributed by atoms with Crippen molar-refractivity contribution in [3.8, 4) is 0 Å². The van der Waals surface area contributed by atoms with Crippen molar-refractivity contribution in [2.45, 2.75) is 32.6 Å². The Labute approximate surface area is 208 Å². The SMILES string of the molecule is CC(C)[C@H](N)CN1C(=O)SC(=Cc2ccc3c(cnn3Cc3ccc(Cl)cc3C(F)(F)F)c2)C1=O. The van der Waals surface area contributed by atoms with Gasteiger partial charge in [-0.2, -0.15) is 18.3 Å². The highest BCUT2D eigenvalue weighted by molar-refractivity contribution is 8.18. The molecule has 2 amide bonds. The average Bonchev–Trinajstić information content (AvgIpc) is 3.29. The molecule has 1 aliphatic rings. The van der Waals surface area contributed by atoms with E-state index in [1.807, 2.05) is 13.8 Å². The number of amides is 2. The summed E-state index contributed by atoms with van der Waals surface area (Å²) in [6, 6.07) is 8.55. The summed E-state index contributed by atoms with van der Waals surface area (Å²) in [5.41, 5.74) is 6.56. The van der Waals surface area contributed by atoms with E-state index in [2.05, 4.69) is 5.10 Å². The number of carbonyl (C=O) groups excluding carboxylic acids is 2. The van der Waals surface area contributed by atoms with E-state index < -0.39 is 17.6 Å². The van der Waals surface area contributed by atoms with Gasteiger partial charge < -0.3 is 5.73 Å². The van der Waals surface area contributed by atoms with E-state index >= 15 is 0 Å². The Morgan fingerprint density at radius 2 is 1.91 bits per heavy atom. The zero-order valence-electron chi connectivity index (χ0n) is 18.8. The van der Waals surface area contributed by atoms with Gasteiger partial charge in [0.05, 0.1) is 28.7 Å². The van der Waals surface area contributed by atoms with Gasteiger partial charge in [-0.25, -0.2) is 0 Å². The van der Waals surface area contributed by atoms with Gasteiger partial charge in [0.25, 0.3) is 11.1 Å². The molecule has 2 N–H and O–H groups in total. The quantitative estimate of drug-likeness (QED) is 0.415. The van der Waals surface area contributed by atoms with Crippen molar-refractivity contribution in [3.63, 3.8) is 0 Å². The number of benzene rings is 2. The largest absolute Gasteiger partial charge is 0.416 e. The fourth-order valence-corrected chi connectivity index (χ4v) is 4.68. The summed E-state index contributed by atoms with van der Waals surface area (Å²) in [6.07, 6.45) is -1.38. The number of carbonyl (C=O) groups is 2. The molecule has 1 saturated heterocycles. The van der Waals surface area contributed by atoms with Crippen molar-refractivity contribution < 1.29 is 22.8 Å². The van der Waals surface area contributed by atoms with Gasteiger partial charge in [0.1, 0.15) is 0 Å². The first-order valence-electron chi connectivity index (χ1n) is 10.8. The summed E-state index contributed by atoms with van der Waals surface area (Å²) in [5.74, 6) is -0.276. The molecule has 2 heterocycles. The number of thioether (sulfide) groups is 1. The molecular formula is C24H22ClF3N4O2S. The molecule has 0 bridgehead atoms. The van der Waals surface area contributed by atoms with Crippen LogP contribution in [-0.4, -0.2) is 38.4 Å². The van der Waals surface area contributed by atoms with Crippen molar-refractivity contribution >= 4 is 51.5 Å². The van der Waals surface area contributed by atoms with Crippen LogP contribution in [0.2, 0.25) is 5.02 Å². The highest BCUT2D eigenvalue weighted by Crippen LogP contribution is 2.35. The van der Waals surface area contributed by atoms with Crippen LogP contribution in [0.4, 0.5) is 18.0 Å². The molecule has 0 radical (unpaired) electrons. The van der Waals surface area contributed by atoms with E-state index in [0.29, 0.717) is 16.5 Å². The zero-order chi connectivity index (χ0) is 25.5. The van der Waals surface area contributed by atoms with Crippen molar-refractivity contribution in [2.24, 2.45) is 11.7 Å². The normalized spacial score (nSPS) is 16.8. The van der Waals surface area contributed by atoms with Crippen LogP contribution in [0.15, 0.2) is 47.5 Å². The standard InChI is InChI=1S/C24H22ClF3N4O2S/c1-13(2)19(29)12-31-22(33)21(35-23(31)34)8-14-3-6-20-16(7-14)10-30-32(20)11-15-4-5-17(25)9-18(15)24(26,27)28/h3-10,13,19H,11-12,29H2,1-2H3/t19-/m1/s1. The van der Waals surface area contributed by atoms with Crippen LogP contribution in [0, 0.1) is 5.92 Å². The number of hydrogen-bond acceptors (Lipinski definition) is 5. The fourth-order valence-electron chi connectivity index (χ4n) is 3.66. The van der Waals surface area contributed by atoms with Gasteiger partial charge in [-0.3, -0.25) is 19.2 Å². The molecule has 0 aliphatic carbocycles. The summed E-state index contributed by atoms with van der Waals surface area (Å²) in [5, 5.41) is 4.57. The van der Waals surface area contributed by atoms with Crippen LogP contribution in [0.5, 0.6) is 0 Å². The van der Waals surface area contributed by atoms with Crippen molar-refractivity contribution in [1.29, 1.82) is 0 Å². The van der Waals surface area contributed by atoms with E-state index in [-0.39, 0.29) is 45.8 Å². The van der Waals surface area contributed by atoms with Gasteiger partial charge >= 0.3 is 6.18 Å². The average molecular weight is 523 g/mol. The summed E-state index contributed by atoms with van der Waals surface area (Å²) in [6.45, 7) is 3.90. The number of halogens is 4. The Bertz CT molecular complexity index is 1340. The summed E-state index contributed by atoms with van der Waals surface area (Å²) < 4.78 is 41.8. The van der Waals surface area contributed by atoms with E-state index in [4.69, 9.17) is 17.3 Å². The molecule has 4 rings (SSSR count). The lowest BCUT2D eigenvalue weighted by molar-refractivity contribution is -0.138. The molecule has 11 heteroatoms. The lowest BCUT2D eigenvalue weighted by Crippen LogP contribution is -2.42. The predicted molar refractivity (Wildman–Crippen MR) is 131 cm³/mol. The highest BCUT2D eigenvalue weighted by atomic mass is 35.5. The second-order valence-corrected chi connectivity index (χ2v) is 10.0. The topological polar surface area (TPSA) is 81.2 Å². The van der Waals surface area contributed by atoms with Gasteiger partial charge in [0, 0.05) is 23.0 Å². The van der Waals surface area contributed by atoms with Crippen LogP contribution < -0.4 is 5.73 Å². The third-order valence-corrected chi connectivity index (χ3v) is 6.93. The minimum atomic E-state index is -4.54. The molecular weight excluding hydrogens is 501 g/mol. The Kier molecular flexibility index (Phi) is 6.99. The van der Waals surface area contributed by atoms with Crippen LogP contribution in [-0.2, 0) is 17.5 Å². The van der Waals surface area contributed by atoms with E-state index in [9.17, 15) is 22.8 Å². The van der Waals surface area contributed by atoms with E-state index in [1.165, 1.54) is 16.8 Å². The number of hydrogen-bond donors (Lipinski definition) is 1. The molecule has 3 aromatic rings. The monoisotopic (exact) mass is 522 g/mol. The Morgan fingerprint density at radius 1 is 1.17 bits per heavy atom. The summed E-state index contributed by atoms with van der Waals surface area (Å²) in [4.78, 5) is 26.5. The number of fused-ring (bicyclic) bond motifs is 1. The number of imide groups is 1. The zero-order valence-corrected chi connectivity index (χ0v) is 20.4. The minimum Gasteiger partial charge on any atom is -0.326 e. The molecule has 0 saturated carbocycles. The summed E-state index contributed by atoms with van der Waals surface area (Å²) >= 11 is 6.62. The maximum atomic E-state index is 13.5. The van der Waals surface area contributed by atoms with E-state index in [0.717, 1.165) is 22.7 Å². The first kappa shape index (κ1) is 25.3. The maximum Gasteiger partial charge on any atom is 0.416 e. The molecule has 0 unspecified atom stereocenters. The lowest BCUT2D eigenvalue weighted by atomic mass is 10.1. The van der Waals surface area contributed by atoms with Gasteiger partial charge in [-0.15, -0.1) is 0 Å². The van der Waals surface area contributed by atoms with Crippen LogP contribution in [0.3, 0.4) is 0 Å². The molecule has 1 aromatic heterocycles. The van der Waals surface area contributed by atoms with Gasteiger partial charge in [-0.05, 0) is 59.1 Å². The lowest BCUT2D eigenvalue weighted by Gasteiger charge is -2.20.